The van der Waals surface area contributed by atoms with Gasteiger partial charge in [0.1, 0.15) is 48.6 Å². The molecule has 14 heteroatoms. The van der Waals surface area contributed by atoms with Crippen molar-refractivity contribution in [3.63, 3.8) is 0 Å². The fourth-order valence-electron chi connectivity index (χ4n) is 4.29. The summed E-state index contributed by atoms with van der Waals surface area (Å²) in [5, 5.41) is 52.7. The highest BCUT2D eigenvalue weighted by atomic mass is 16.7. The number of hydrogen-bond acceptors (Lipinski definition) is 14. The highest BCUT2D eigenvalue weighted by molar-refractivity contribution is 5.89. The molecule has 8 atom stereocenters. The molecule has 2 aliphatic rings. The van der Waals surface area contributed by atoms with Gasteiger partial charge in [0.05, 0.1) is 40.1 Å². The van der Waals surface area contributed by atoms with Gasteiger partial charge in [-0.15, -0.1) is 0 Å². The standard InChI is InChI=1S/C27H34O14/c1-34-15-6-4-14(5-7-15)24(32)38-12-27(33)13-39-26(23(27)31)37-11-19-20(28)21(29)22(30)25(41-19)40-16-8-9-17(35-2)18(10-16)36-3/h4-10,19-23,25-26,28-31,33H,11-13H2,1-3H3. The monoisotopic (exact) mass is 582 g/mol. The van der Waals surface area contributed by atoms with E-state index in [1.165, 1.54) is 45.6 Å². The topological polar surface area (TPSA) is 192 Å². The van der Waals surface area contributed by atoms with Crippen LogP contribution in [0, 0.1) is 0 Å². The van der Waals surface area contributed by atoms with E-state index in [0.717, 1.165) is 0 Å². The second-order valence-corrected chi connectivity index (χ2v) is 9.52. The number of esters is 1. The lowest BCUT2D eigenvalue weighted by molar-refractivity contribution is -0.289. The Labute approximate surface area is 235 Å². The minimum Gasteiger partial charge on any atom is -0.497 e. The molecule has 226 valence electrons. The van der Waals surface area contributed by atoms with Gasteiger partial charge in [-0.25, -0.2) is 4.79 Å². The molecule has 14 nitrogen and oxygen atoms in total. The maximum atomic E-state index is 12.3. The van der Waals surface area contributed by atoms with E-state index in [-0.39, 0.29) is 11.3 Å². The van der Waals surface area contributed by atoms with Crippen LogP contribution in [0.3, 0.4) is 0 Å². The van der Waals surface area contributed by atoms with Crippen molar-refractivity contribution in [1.29, 1.82) is 0 Å². The molecule has 2 saturated heterocycles. The zero-order valence-electron chi connectivity index (χ0n) is 22.6. The summed E-state index contributed by atoms with van der Waals surface area (Å²) < 4.78 is 42.8. The van der Waals surface area contributed by atoms with Gasteiger partial charge >= 0.3 is 5.97 Å². The summed E-state index contributed by atoms with van der Waals surface area (Å²) in [7, 11) is 4.39. The Bertz CT molecular complexity index is 1160. The molecule has 8 unspecified atom stereocenters. The summed E-state index contributed by atoms with van der Waals surface area (Å²) in [6.07, 6.45) is -10.5. The van der Waals surface area contributed by atoms with Gasteiger partial charge in [0, 0.05) is 6.07 Å². The van der Waals surface area contributed by atoms with E-state index in [0.29, 0.717) is 17.2 Å². The molecule has 41 heavy (non-hydrogen) atoms. The number of carbonyl (C=O) groups is 1. The molecule has 2 heterocycles. The van der Waals surface area contributed by atoms with Crippen molar-refractivity contribution in [3.05, 3.63) is 48.0 Å². The van der Waals surface area contributed by atoms with E-state index in [4.69, 9.17) is 37.9 Å². The average Bonchev–Trinajstić information content (AvgIpc) is 3.28. The fourth-order valence-corrected chi connectivity index (χ4v) is 4.29. The van der Waals surface area contributed by atoms with Crippen LogP contribution < -0.4 is 18.9 Å². The third-order valence-corrected chi connectivity index (χ3v) is 6.79. The van der Waals surface area contributed by atoms with E-state index >= 15 is 0 Å². The minimum atomic E-state index is -1.98. The molecule has 4 rings (SSSR count). The Morgan fingerprint density at radius 2 is 1.56 bits per heavy atom. The zero-order chi connectivity index (χ0) is 29.7. The van der Waals surface area contributed by atoms with Crippen LogP contribution in [0.15, 0.2) is 42.5 Å². The van der Waals surface area contributed by atoms with Crippen LogP contribution in [0.25, 0.3) is 0 Å². The number of rotatable bonds is 11. The van der Waals surface area contributed by atoms with Gasteiger partial charge in [0.2, 0.25) is 6.29 Å². The molecule has 0 aliphatic carbocycles. The van der Waals surface area contributed by atoms with Gasteiger partial charge in [-0.2, -0.15) is 0 Å². The third-order valence-electron chi connectivity index (χ3n) is 6.79. The van der Waals surface area contributed by atoms with Gasteiger partial charge in [-0.05, 0) is 36.4 Å². The number of aliphatic hydroxyl groups excluding tert-OH is 4. The smallest absolute Gasteiger partial charge is 0.338 e. The fraction of sp³-hybridized carbons (Fsp3) is 0.519. The maximum Gasteiger partial charge on any atom is 0.338 e. The van der Waals surface area contributed by atoms with Crippen molar-refractivity contribution < 1.29 is 68.2 Å². The van der Waals surface area contributed by atoms with E-state index in [1.807, 2.05) is 0 Å². The number of carbonyl (C=O) groups excluding carboxylic acids is 1. The van der Waals surface area contributed by atoms with Crippen LogP contribution in [-0.2, 0) is 18.9 Å². The molecule has 0 aromatic heterocycles. The van der Waals surface area contributed by atoms with Gasteiger partial charge in [-0.1, -0.05) is 0 Å². The highest BCUT2D eigenvalue weighted by Crippen LogP contribution is 2.33. The van der Waals surface area contributed by atoms with Crippen LogP contribution >= 0.6 is 0 Å². The molecule has 0 spiro atoms. The van der Waals surface area contributed by atoms with Crippen LogP contribution in [0.5, 0.6) is 23.0 Å². The van der Waals surface area contributed by atoms with Crippen LogP contribution in [-0.4, -0.2) is 121 Å². The minimum absolute atomic E-state index is 0.213. The summed E-state index contributed by atoms with van der Waals surface area (Å²) in [4.78, 5) is 12.3. The van der Waals surface area contributed by atoms with Crippen molar-refractivity contribution >= 4 is 5.97 Å². The first kappa shape index (κ1) is 30.7. The van der Waals surface area contributed by atoms with E-state index in [9.17, 15) is 30.3 Å². The number of hydrogen-bond donors (Lipinski definition) is 5. The first-order valence-corrected chi connectivity index (χ1v) is 12.6. The Hall–Kier alpha value is -3.21. The molecule has 2 aliphatic heterocycles. The number of benzene rings is 2. The Morgan fingerprint density at radius 1 is 0.878 bits per heavy atom. The average molecular weight is 583 g/mol. The summed E-state index contributed by atoms with van der Waals surface area (Å²) >= 11 is 0. The van der Waals surface area contributed by atoms with Crippen molar-refractivity contribution in [1.82, 2.24) is 0 Å². The van der Waals surface area contributed by atoms with Crippen molar-refractivity contribution in [2.75, 3.05) is 41.2 Å². The van der Waals surface area contributed by atoms with Gasteiger partial charge in [0.25, 0.3) is 0 Å². The summed E-state index contributed by atoms with van der Waals surface area (Å²) in [6, 6.07) is 10.7. The molecule has 0 bridgehead atoms. The first-order valence-electron chi connectivity index (χ1n) is 12.6. The lowest BCUT2D eigenvalue weighted by atomic mass is 9.99. The molecular weight excluding hydrogens is 548 g/mol. The number of aliphatic hydroxyl groups is 5. The highest BCUT2D eigenvalue weighted by Gasteiger charge is 2.51. The summed E-state index contributed by atoms with van der Waals surface area (Å²) in [6.45, 7) is -1.44. The van der Waals surface area contributed by atoms with Crippen LogP contribution in [0.1, 0.15) is 10.4 Å². The molecule has 2 fully saturated rings. The number of ether oxygens (including phenoxy) is 8. The van der Waals surface area contributed by atoms with E-state index in [1.54, 1.807) is 18.2 Å². The van der Waals surface area contributed by atoms with Crippen molar-refractivity contribution in [2.24, 2.45) is 0 Å². The van der Waals surface area contributed by atoms with Gasteiger partial charge in [-0.3, -0.25) is 0 Å². The predicted octanol–water partition coefficient (Wildman–Crippen LogP) is -0.779. The Morgan fingerprint density at radius 3 is 2.22 bits per heavy atom. The van der Waals surface area contributed by atoms with Crippen LogP contribution in [0.4, 0.5) is 0 Å². The maximum absolute atomic E-state index is 12.3. The zero-order valence-corrected chi connectivity index (χ0v) is 22.6. The van der Waals surface area contributed by atoms with E-state index < -0.39 is 74.5 Å². The normalized spacial score (nSPS) is 31.4. The first-order chi connectivity index (χ1) is 19.6. The van der Waals surface area contributed by atoms with E-state index in [2.05, 4.69) is 0 Å². The molecule has 2 aromatic rings. The lowest BCUT2D eigenvalue weighted by Crippen LogP contribution is -2.60. The largest absolute Gasteiger partial charge is 0.497 e. The molecule has 2 aromatic carbocycles. The SMILES string of the molecule is COc1ccc(C(=O)OCC2(O)COC(OCC3OC(Oc4ccc(OC)c(OC)c4)C(O)C(O)C3O)C2O)cc1. The molecule has 0 radical (unpaired) electrons. The second kappa shape index (κ2) is 13.2. The summed E-state index contributed by atoms with van der Waals surface area (Å²) in [5.41, 5.74) is -1.77. The van der Waals surface area contributed by atoms with Gasteiger partial charge in [0.15, 0.2) is 23.4 Å². The van der Waals surface area contributed by atoms with Crippen molar-refractivity contribution in [3.8, 4) is 23.0 Å². The molecule has 0 amide bonds. The Balaban J connectivity index is 1.33. The Kier molecular flexibility index (Phi) is 9.88. The molecule has 5 N–H and O–H groups in total. The lowest BCUT2D eigenvalue weighted by Gasteiger charge is -2.40. The second-order valence-electron chi connectivity index (χ2n) is 9.52. The molecule has 0 saturated carbocycles. The molecular formula is C27H34O14. The van der Waals surface area contributed by atoms with Gasteiger partial charge < -0.3 is 63.4 Å². The third kappa shape index (κ3) is 6.82. The quantitative estimate of drug-likeness (QED) is 0.207. The number of methoxy groups -OCH3 is 3. The van der Waals surface area contributed by atoms with Crippen molar-refractivity contribution in [2.45, 2.75) is 48.7 Å². The predicted molar refractivity (Wildman–Crippen MR) is 137 cm³/mol. The summed E-state index contributed by atoms with van der Waals surface area (Å²) in [5.74, 6) is 0.832. The van der Waals surface area contributed by atoms with Crippen LogP contribution in [0.2, 0.25) is 0 Å².